The maximum atomic E-state index is 10.6. The Morgan fingerprint density at radius 3 is 2.77 bits per heavy atom. The molecule has 3 nitrogen and oxygen atoms in total. The van der Waals surface area contributed by atoms with Crippen molar-refractivity contribution in [3.05, 3.63) is 21.9 Å². The topological polar surface area (TPSA) is 50.1 Å². The van der Waals surface area contributed by atoms with Crippen molar-refractivity contribution in [1.82, 2.24) is 0 Å². The zero-order chi connectivity index (χ0) is 9.84. The van der Waals surface area contributed by atoms with E-state index >= 15 is 0 Å². The number of esters is 1. The van der Waals surface area contributed by atoms with Gasteiger partial charge in [0.25, 0.3) is 0 Å². The number of aryl methyl sites for hydroxylation is 1. The number of nitrogens with zero attached hydrogens (tertiary/aromatic N) is 1. The smallest absolute Gasteiger partial charge is 0.304 e. The molecule has 0 bridgehead atoms. The van der Waals surface area contributed by atoms with Crippen molar-refractivity contribution in [2.24, 2.45) is 0 Å². The van der Waals surface area contributed by atoms with Crippen LogP contribution in [0, 0.1) is 18.3 Å². The van der Waals surface area contributed by atoms with Gasteiger partial charge in [0.15, 0.2) is 0 Å². The fraction of sp³-hybridized carbons (Fsp3) is 0.333. The summed E-state index contributed by atoms with van der Waals surface area (Å²) in [6.45, 7) is 3.24. The van der Waals surface area contributed by atoms with Gasteiger partial charge in [0.1, 0.15) is 6.07 Å². The number of hydrogen-bond acceptors (Lipinski definition) is 4. The molecule has 68 valence electrons. The first-order valence-corrected chi connectivity index (χ1v) is 4.58. The summed E-state index contributed by atoms with van der Waals surface area (Å²) >= 11 is 1.46. The standard InChI is InChI=1S/C9H9NO2S/c1-6-3-4-9(13-6)8(5-10)12-7(2)11/h3-4,8H,1-2H3/t8-/m1/s1. The molecule has 1 heterocycles. The van der Waals surface area contributed by atoms with E-state index in [2.05, 4.69) is 0 Å². The quantitative estimate of drug-likeness (QED) is 0.679. The summed E-state index contributed by atoms with van der Waals surface area (Å²) in [5.41, 5.74) is 0. The van der Waals surface area contributed by atoms with Crippen molar-refractivity contribution in [3.63, 3.8) is 0 Å². The number of hydrogen-bond donors (Lipinski definition) is 0. The predicted molar refractivity (Wildman–Crippen MR) is 49.2 cm³/mol. The van der Waals surface area contributed by atoms with Crippen LogP contribution in [-0.2, 0) is 9.53 Å². The Labute approximate surface area is 80.6 Å². The second kappa shape index (κ2) is 4.06. The van der Waals surface area contributed by atoms with Gasteiger partial charge in [-0.15, -0.1) is 11.3 Å². The minimum absolute atomic E-state index is 0.433. The Morgan fingerprint density at radius 1 is 1.69 bits per heavy atom. The van der Waals surface area contributed by atoms with Crippen molar-refractivity contribution in [1.29, 1.82) is 5.26 Å². The van der Waals surface area contributed by atoms with E-state index in [1.807, 2.05) is 19.1 Å². The van der Waals surface area contributed by atoms with E-state index in [9.17, 15) is 4.79 Å². The number of rotatable bonds is 2. The Bertz CT molecular complexity index is 351. The molecule has 0 spiro atoms. The molecule has 1 rings (SSSR count). The number of ether oxygens (including phenoxy) is 1. The Kier molecular flexibility index (Phi) is 3.04. The molecule has 0 aliphatic rings. The van der Waals surface area contributed by atoms with E-state index in [0.29, 0.717) is 0 Å². The molecule has 0 radical (unpaired) electrons. The van der Waals surface area contributed by atoms with Crippen LogP contribution < -0.4 is 0 Å². The molecule has 1 aromatic rings. The molecule has 1 atom stereocenters. The Balaban J connectivity index is 2.80. The molecule has 4 heteroatoms. The van der Waals surface area contributed by atoms with Gasteiger partial charge in [-0.2, -0.15) is 5.26 Å². The van der Waals surface area contributed by atoms with Gasteiger partial charge in [0.2, 0.25) is 6.10 Å². The maximum absolute atomic E-state index is 10.6. The SMILES string of the molecule is CC(=O)O[C@H](C#N)c1ccc(C)s1. The summed E-state index contributed by atoms with van der Waals surface area (Å²) in [7, 11) is 0. The van der Waals surface area contributed by atoms with Crippen LogP contribution in [-0.4, -0.2) is 5.97 Å². The van der Waals surface area contributed by atoms with E-state index in [1.54, 1.807) is 6.07 Å². The minimum atomic E-state index is -0.754. The second-order valence-electron chi connectivity index (χ2n) is 2.57. The third kappa shape index (κ3) is 2.56. The van der Waals surface area contributed by atoms with Crippen LogP contribution in [0.3, 0.4) is 0 Å². The second-order valence-corrected chi connectivity index (χ2v) is 3.89. The predicted octanol–water partition coefficient (Wildman–Crippen LogP) is 2.18. The average molecular weight is 195 g/mol. The Morgan fingerprint density at radius 2 is 2.38 bits per heavy atom. The normalized spacial score (nSPS) is 11.8. The van der Waals surface area contributed by atoms with Gasteiger partial charge in [-0.3, -0.25) is 4.79 Å². The maximum Gasteiger partial charge on any atom is 0.304 e. The summed E-state index contributed by atoms with van der Waals surface area (Å²) in [4.78, 5) is 12.5. The lowest BCUT2D eigenvalue weighted by atomic mass is 10.3. The van der Waals surface area contributed by atoms with E-state index in [0.717, 1.165) is 9.75 Å². The van der Waals surface area contributed by atoms with Gasteiger partial charge in [-0.1, -0.05) is 0 Å². The fourth-order valence-corrected chi connectivity index (χ4v) is 1.76. The van der Waals surface area contributed by atoms with Crippen LogP contribution in [0.25, 0.3) is 0 Å². The van der Waals surface area contributed by atoms with Gasteiger partial charge >= 0.3 is 5.97 Å². The lowest BCUT2D eigenvalue weighted by Crippen LogP contribution is -2.04. The molecular formula is C9H9NO2S. The van der Waals surface area contributed by atoms with Gasteiger partial charge in [-0.05, 0) is 19.1 Å². The molecule has 0 N–H and O–H groups in total. The summed E-state index contributed by atoms with van der Waals surface area (Å²) < 4.78 is 4.81. The summed E-state index contributed by atoms with van der Waals surface area (Å²) in [6.07, 6.45) is -0.754. The third-order valence-electron chi connectivity index (χ3n) is 1.42. The van der Waals surface area contributed by atoms with Crippen LogP contribution >= 0.6 is 11.3 Å². The van der Waals surface area contributed by atoms with E-state index in [4.69, 9.17) is 10.00 Å². The third-order valence-corrected chi connectivity index (χ3v) is 2.46. The van der Waals surface area contributed by atoms with Crippen molar-refractivity contribution in [3.8, 4) is 6.07 Å². The molecule has 0 aromatic carbocycles. The molecule has 13 heavy (non-hydrogen) atoms. The molecule has 0 fully saturated rings. The average Bonchev–Trinajstić information content (AvgIpc) is 2.47. The lowest BCUT2D eigenvalue weighted by molar-refractivity contribution is -0.144. The lowest BCUT2D eigenvalue weighted by Gasteiger charge is -2.05. The summed E-state index contributed by atoms with van der Waals surface area (Å²) in [6, 6.07) is 5.63. The van der Waals surface area contributed by atoms with Gasteiger partial charge in [0, 0.05) is 11.8 Å². The molecular weight excluding hydrogens is 186 g/mol. The van der Waals surface area contributed by atoms with E-state index in [-0.39, 0.29) is 0 Å². The number of nitriles is 1. The fourth-order valence-electron chi connectivity index (χ4n) is 0.908. The molecule has 1 aromatic heterocycles. The minimum Gasteiger partial charge on any atom is -0.441 e. The highest BCUT2D eigenvalue weighted by molar-refractivity contribution is 7.12. The first-order chi connectivity index (χ1) is 6.13. The zero-order valence-corrected chi connectivity index (χ0v) is 8.22. The van der Waals surface area contributed by atoms with E-state index in [1.165, 1.54) is 18.3 Å². The van der Waals surface area contributed by atoms with Crippen LogP contribution in [0.2, 0.25) is 0 Å². The van der Waals surface area contributed by atoms with Crippen LogP contribution in [0.5, 0.6) is 0 Å². The van der Waals surface area contributed by atoms with E-state index < -0.39 is 12.1 Å². The Hall–Kier alpha value is -1.34. The summed E-state index contributed by atoms with van der Waals surface area (Å²) in [5, 5.41) is 8.72. The van der Waals surface area contributed by atoms with Gasteiger partial charge in [0.05, 0.1) is 4.88 Å². The highest BCUT2D eigenvalue weighted by Crippen LogP contribution is 2.24. The van der Waals surface area contributed by atoms with Gasteiger partial charge in [-0.25, -0.2) is 0 Å². The number of carbonyl (C=O) groups is 1. The number of carbonyl (C=O) groups excluding carboxylic acids is 1. The van der Waals surface area contributed by atoms with Crippen molar-refractivity contribution in [2.45, 2.75) is 20.0 Å². The van der Waals surface area contributed by atoms with Crippen molar-refractivity contribution < 1.29 is 9.53 Å². The molecule has 0 amide bonds. The van der Waals surface area contributed by atoms with Crippen LogP contribution in [0.1, 0.15) is 22.8 Å². The largest absolute Gasteiger partial charge is 0.441 e. The van der Waals surface area contributed by atoms with Gasteiger partial charge < -0.3 is 4.74 Å². The molecule has 0 aliphatic carbocycles. The first kappa shape index (κ1) is 9.75. The van der Waals surface area contributed by atoms with Crippen molar-refractivity contribution >= 4 is 17.3 Å². The highest BCUT2D eigenvalue weighted by atomic mass is 32.1. The van der Waals surface area contributed by atoms with Crippen molar-refractivity contribution in [2.75, 3.05) is 0 Å². The first-order valence-electron chi connectivity index (χ1n) is 3.76. The zero-order valence-electron chi connectivity index (χ0n) is 7.40. The highest BCUT2D eigenvalue weighted by Gasteiger charge is 2.14. The molecule has 0 saturated carbocycles. The molecule has 0 saturated heterocycles. The van der Waals surface area contributed by atoms with Crippen LogP contribution in [0.15, 0.2) is 12.1 Å². The molecule has 0 unspecified atom stereocenters. The monoisotopic (exact) mass is 195 g/mol. The molecule has 0 aliphatic heterocycles. The van der Waals surface area contributed by atoms with Crippen LogP contribution in [0.4, 0.5) is 0 Å². The summed E-state index contributed by atoms with van der Waals surface area (Å²) in [5.74, 6) is -0.433. The number of thiophene rings is 1.